The largest absolute Gasteiger partial charge is 0.372 e. The summed E-state index contributed by atoms with van der Waals surface area (Å²) in [6.45, 7) is 8.04. The van der Waals surface area contributed by atoms with E-state index in [4.69, 9.17) is 4.74 Å². The van der Waals surface area contributed by atoms with Crippen molar-refractivity contribution in [2.45, 2.75) is 52.9 Å². The molecule has 80 valence electrons. The van der Waals surface area contributed by atoms with Crippen LogP contribution in [-0.4, -0.2) is 15.9 Å². The molecule has 0 bridgehead atoms. The predicted molar refractivity (Wildman–Crippen MR) is 57.1 cm³/mol. The summed E-state index contributed by atoms with van der Waals surface area (Å²) in [4.78, 5) is 0. The minimum atomic E-state index is 0.333. The van der Waals surface area contributed by atoms with Gasteiger partial charge in [-0.05, 0) is 25.8 Å². The highest BCUT2D eigenvalue weighted by molar-refractivity contribution is 4.98. The minimum absolute atomic E-state index is 0.333. The molecule has 1 heterocycles. The van der Waals surface area contributed by atoms with E-state index in [1.807, 2.05) is 16.9 Å². The van der Waals surface area contributed by atoms with Crippen molar-refractivity contribution in [1.29, 1.82) is 0 Å². The van der Waals surface area contributed by atoms with Gasteiger partial charge in [0, 0.05) is 12.7 Å². The smallest absolute Gasteiger partial charge is 0.0888 e. The maximum atomic E-state index is 5.66. The summed E-state index contributed by atoms with van der Waals surface area (Å²) in [6.07, 6.45) is 4.34. The Morgan fingerprint density at radius 3 is 2.93 bits per heavy atom. The molecule has 0 amide bonds. The van der Waals surface area contributed by atoms with E-state index in [9.17, 15) is 0 Å². The van der Waals surface area contributed by atoms with E-state index in [0.29, 0.717) is 12.7 Å². The normalized spacial score (nSPS) is 13.1. The van der Waals surface area contributed by atoms with Crippen LogP contribution in [0.1, 0.15) is 39.3 Å². The summed E-state index contributed by atoms with van der Waals surface area (Å²) in [6, 6.07) is 2.03. The number of hydrogen-bond acceptors (Lipinski definition) is 2. The number of ether oxygens (including phenoxy) is 1. The molecule has 0 aliphatic rings. The molecular formula is C11H20N2O. The molecule has 3 nitrogen and oxygen atoms in total. The first-order chi connectivity index (χ1) is 6.77. The second kappa shape index (κ2) is 5.81. The minimum Gasteiger partial charge on any atom is -0.372 e. The van der Waals surface area contributed by atoms with Gasteiger partial charge in [-0.1, -0.05) is 13.8 Å². The lowest BCUT2D eigenvalue weighted by Gasteiger charge is -2.11. The zero-order valence-corrected chi connectivity index (χ0v) is 9.36. The lowest BCUT2D eigenvalue weighted by molar-refractivity contribution is 0.0466. The van der Waals surface area contributed by atoms with Crippen molar-refractivity contribution in [1.82, 2.24) is 9.78 Å². The van der Waals surface area contributed by atoms with Crippen molar-refractivity contribution in [2.24, 2.45) is 0 Å². The van der Waals surface area contributed by atoms with Crippen LogP contribution < -0.4 is 0 Å². The highest BCUT2D eigenvalue weighted by Gasteiger charge is 2.04. The SMILES string of the molecule is CCCn1nccc1CO[C@@H](C)CC. The molecule has 1 aromatic rings. The summed E-state index contributed by atoms with van der Waals surface area (Å²) in [5, 5.41) is 4.25. The molecule has 1 rings (SSSR count). The van der Waals surface area contributed by atoms with Crippen molar-refractivity contribution in [2.75, 3.05) is 0 Å². The Morgan fingerprint density at radius 2 is 2.29 bits per heavy atom. The Bertz CT molecular complexity index is 258. The van der Waals surface area contributed by atoms with E-state index in [0.717, 1.165) is 19.4 Å². The fraction of sp³-hybridized carbons (Fsp3) is 0.727. The quantitative estimate of drug-likeness (QED) is 0.699. The van der Waals surface area contributed by atoms with Gasteiger partial charge in [0.15, 0.2) is 0 Å². The molecule has 0 saturated carbocycles. The molecule has 0 unspecified atom stereocenters. The first kappa shape index (κ1) is 11.2. The average Bonchev–Trinajstić information content (AvgIpc) is 2.62. The molecule has 14 heavy (non-hydrogen) atoms. The maximum absolute atomic E-state index is 5.66. The highest BCUT2D eigenvalue weighted by atomic mass is 16.5. The van der Waals surface area contributed by atoms with Gasteiger partial charge in [-0.2, -0.15) is 5.10 Å². The summed E-state index contributed by atoms with van der Waals surface area (Å²) < 4.78 is 7.68. The van der Waals surface area contributed by atoms with Crippen LogP contribution in [-0.2, 0) is 17.9 Å². The molecule has 0 N–H and O–H groups in total. The van der Waals surface area contributed by atoms with Gasteiger partial charge in [0.05, 0.1) is 18.4 Å². The number of rotatable bonds is 6. The van der Waals surface area contributed by atoms with Gasteiger partial charge in [-0.15, -0.1) is 0 Å². The van der Waals surface area contributed by atoms with Gasteiger partial charge in [-0.3, -0.25) is 4.68 Å². The zero-order valence-electron chi connectivity index (χ0n) is 9.36. The van der Waals surface area contributed by atoms with Crippen LogP contribution in [0.2, 0.25) is 0 Å². The Balaban J connectivity index is 2.45. The third-order valence-corrected chi connectivity index (χ3v) is 2.33. The molecule has 0 aliphatic heterocycles. The second-order valence-corrected chi connectivity index (χ2v) is 3.58. The van der Waals surface area contributed by atoms with Crippen molar-refractivity contribution in [3.05, 3.63) is 18.0 Å². The second-order valence-electron chi connectivity index (χ2n) is 3.58. The average molecular weight is 196 g/mol. The van der Waals surface area contributed by atoms with Crippen LogP contribution in [0.5, 0.6) is 0 Å². The highest BCUT2D eigenvalue weighted by Crippen LogP contribution is 2.05. The zero-order chi connectivity index (χ0) is 10.4. The van der Waals surface area contributed by atoms with Crippen LogP contribution in [0.3, 0.4) is 0 Å². The first-order valence-electron chi connectivity index (χ1n) is 5.40. The van der Waals surface area contributed by atoms with Crippen molar-refractivity contribution in [3.8, 4) is 0 Å². The van der Waals surface area contributed by atoms with Crippen LogP contribution >= 0.6 is 0 Å². The van der Waals surface area contributed by atoms with Crippen molar-refractivity contribution in [3.63, 3.8) is 0 Å². The molecular weight excluding hydrogens is 176 g/mol. The van der Waals surface area contributed by atoms with E-state index in [2.05, 4.69) is 25.9 Å². The molecule has 0 aliphatic carbocycles. The molecule has 0 radical (unpaired) electrons. The predicted octanol–water partition coefficient (Wildman–Crippen LogP) is 2.61. The van der Waals surface area contributed by atoms with E-state index in [-0.39, 0.29) is 0 Å². The fourth-order valence-electron chi connectivity index (χ4n) is 1.24. The molecule has 0 aromatic carbocycles. The van der Waals surface area contributed by atoms with E-state index in [1.165, 1.54) is 5.69 Å². The lowest BCUT2D eigenvalue weighted by atomic mass is 10.3. The van der Waals surface area contributed by atoms with Gasteiger partial charge < -0.3 is 4.74 Å². The van der Waals surface area contributed by atoms with Gasteiger partial charge in [0.25, 0.3) is 0 Å². The number of aryl methyl sites for hydroxylation is 1. The van der Waals surface area contributed by atoms with Gasteiger partial charge in [0.1, 0.15) is 0 Å². The van der Waals surface area contributed by atoms with E-state index in [1.54, 1.807) is 0 Å². The van der Waals surface area contributed by atoms with Gasteiger partial charge in [-0.25, -0.2) is 0 Å². The summed E-state index contributed by atoms with van der Waals surface area (Å²) in [5.74, 6) is 0. The molecule has 3 heteroatoms. The topological polar surface area (TPSA) is 27.1 Å². The molecule has 1 aromatic heterocycles. The van der Waals surface area contributed by atoms with Gasteiger partial charge in [0.2, 0.25) is 0 Å². The molecule has 1 atom stereocenters. The van der Waals surface area contributed by atoms with Crippen LogP contribution in [0.25, 0.3) is 0 Å². The fourth-order valence-corrected chi connectivity index (χ4v) is 1.24. The van der Waals surface area contributed by atoms with Crippen molar-refractivity contribution < 1.29 is 4.74 Å². The Kier molecular flexibility index (Phi) is 4.66. The summed E-state index contributed by atoms with van der Waals surface area (Å²) in [7, 11) is 0. The molecule has 0 spiro atoms. The van der Waals surface area contributed by atoms with Crippen LogP contribution in [0.4, 0.5) is 0 Å². The summed E-state index contributed by atoms with van der Waals surface area (Å²) >= 11 is 0. The maximum Gasteiger partial charge on any atom is 0.0888 e. The number of nitrogens with zero attached hydrogens (tertiary/aromatic N) is 2. The van der Waals surface area contributed by atoms with Crippen LogP contribution in [0, 0.1) is 0 Å². The van der Waals surface area contributed by atoms with E-state index < -0.39 is 0 Å². The Labute approximate surface area is 86.1 Å². The monoisotopic (exact) mass is 196 g/mol. The number of hydrogen-bond donors (Lipinski definition) is 0. The third-order valence-electron chi connectivity index (χ3n) is 2.33. The van der Waals surface area contributed by atoms with E-state index >= 15 is 0 Å². The Morgan fingerprint density at radius 1 is 1.50 bits per heavy atom. The standard InChI is InChI=1S/C11H20N2O/c1-4-8-13-11(6-7-12-13)9-14-10(3)5-2/h6-7,10H,4-5,8-9H2,1-3H3/t10-/m0/s1. The van der Waals surface area contributed by atoms with Crippen molar-refractivity contribution >= 4 is 0 Å². The van der Waals surface area contributed by atoms with Gasteiger partial charge >= 0.3 is 0 Å². The molecule has 0 fully saturated rings. The Hall–Kier alpha value is -0.830. The lowest BCUT2D eigenvalue weighted by Crippen LogP contribution is -2.10. The number of aromatic nitrogens is 2. The molecule has 0 saturated heterocycles. The third kappa shape index (κ3) is 3.14. The summed E-state index contributed by atoms with van der Waals surface area (Å²) in [5.41, 5.74) is 1.17. The van der Waals surface area contributed by atoms with Crippen LogP contribution in [0.15, 0.2) is 12.3 Å². The first-order valence-corrected chi connectivity index (χ1v) is 5.40.